The first kappa shape index (κ1) is 17.8. The number of carbonyl (C=O) groups excluding carboxylic acids is 1. The molecule has 0 saturated heterocycles. The lowest BCUT2D eigenvalue weighted by Gasteiger charge is -2.13. The van der Waals surface area contributed by atoms with Crippen LogP contribution in [0.4, 0.5) is 0 Å². The van der Waals surface area contributed by atoms with E-state index in [9.17, 15) is 4.79 Å². The van der Waals surface area contributed by atoms with Gasteiger partial charge in [-0.2, -0.15) is 5.10 Å². The molecule has 0 bridgehead atoms. The average molecular weight is 402 g/mol. The Balaban J connectivity index is 0.00000192. The Kier molecular flexibility index (Phi) is 6.44. The third-order valence-electron chi connectivity index (χ3n) is 3.49. The van der Waals surface area contributed by atoms with Gasteiger partial charge in [0.1, 0.15) is 12.4 Å². The van der Waals surface area contributed by atoms with Crippen LogP contribution in [0.1, 0.15) is 21.7 Å². The molecule has 124 valence electrons. The van der Waals surface area contributed by atoms with Gasteiger partial charge in [0, 0.05) is 35.2 Å². The van der Waals surface area contributed by atoms with E-state index >= 15 is 0 Å². The minimum Gasteiger partial charge on any atom is -0.492 e. The van der Waals surface area contributed by atoms with Gasteiger partial charge < -0.3 is 15.4 Å². The molecule has 8 heteroatoms. The van der Waals surface area contributed by atoms with Crippen LogP contribution >= 0.6 is 28.3 Å². The van der Waals surface area contributed by atoms with Gasteiger partial charge in [0.15, 0.2) is 5.69 Å². The number of nitrogens with zero attached hydrogens (tertiary/aromatic N) is 1. The quantitative estimate of drug-likeness (QED) is 0.670. The molecule has 1 amide bonds. The molecule has 3 N–H and O–H groups in total. The van der Waals surface area contributed by atoms with Crippen molar-refractivity contribution in [3.63, 3.8) is 0 Å². The third kappa shape index (κ3) is 4.46. The first-order valence-corrected chi connectivity index (χ1v) is 7.97. The van der Waals surface area contributed by atoms with Gasteiger partial charge in [-0.3, -0.25) is 9.89 Å². The number of halogens is 2. The summed E-state index contributed by atoms with van der Waals surface area (Å²) in [4.78, 5) is 12.2. The zero-order valence-electron chi connectivity index (χ0n) is 12.4. The van der Waals surface area contributed by atoms with Crippen LogP contribution < -0.4 is 15.4 Å². The Morgan fingerprint density at radius 2 is 2.13 bits per heavy atom. The fraction of sp³-hybridized carbons (Fsp3) is 0.333. The topological polar surface area (TPSA) is 79.0 Å². The molecule has 6 nitrogen and oxygen atoms in total. The van der Waals surface area contributed by atoms with Crippen molar-refractivity contribution in [3.8, 4) is 5.75 Å². The Bertz CT molecular complexity index is 660. The van der Waals surface area contributed by atoms with Crippen molar-refractivity contribution in [3.05, 3.63) is 45.7 Å². The molecule has 0 fully saturated rings. The highest BCUT2D eigenvalue weighted by atomic mass is 79.9. The van der Waals surface area contributed by atoms with E-state index in [1.54, 1.807) is 0 Å². The Hall–Kier alpha value is -1.57. The van der Waals surface area contributed by atoms with E-state index in [-0.39, 0.29) is 18.3 Å². The van der Waals surface area contributed by atoms with Gasteiger partial charge in [-0.05, 0) is 24.3 Å². The van der Waals surface area contributed by atoms with Crippen molar-refractivity contribution in [1.29, 1.82) is 0 Å². The van der Waals surface area contributed by atoms with E-state index < -0.39 is 0 Å². The maximum atomic E-state index is 12.2. The van der Waals surface area contributed by atoms with Crippen molar-refractivity contribution in [2.75, 3.05) is 19.7 Å². The Morgan fingerprint density at radius 3 is 2.91 bits per heavy atom. The van der Waals surface area contributed by atoms with Crippen LogP contribution in [-0.2, 0) is 13.0 Å². The number of amides is 1. The van der Waals surface area contributed by atoms with E-state index in [1.165, 1.54) is 0 Å². The molecule has 0 spiro atoms. The number of hydrogen-bond acceptors (Lipinski definition) is 4. The molecule has 0 atom stereocenters. The second-order valence-corrected chi connectivity index (χ2v) is 5.93. The monoisotopic (exact) mass is 400 g/mol. The maximum Gasteiger partial charge on any atom is 0.272 e. The van der Waals surface area contributed by atoms with Gasteiger partial charge in [0.2, 0.25) is 0 Å². The van der Waals surface area contributed by atoms with Crippen LogP contribution in [0.3, 0.4) is 0 Å². The molecule has 0 radical (unpaired) electrons. The van der Waals surface area contributed by atoms with Crippen molar-refractivity contribution in [2.45, 2.75) is 13.0 Å². The van der Waals surface area contributed by atoms with E-state index in [1.807, 2.05) is 24.3 Å². The smallest absolute Gasteiger partial charge is 0.272 e. The summed E-state index contributed by atoms with van der Waals surface area (Å²) in [6, 6.07) is 7.58. The third-order valence-corrected chi connectivity index (χ3v) is 4.02. The number of aromatic amines is 1. The summed E-state index contributed by atoms with van der Waals surface area (Å²) in [6.45, 7) is 2.45. The molecule has 2 aromatic rings. The van der Waals surface area contributed by atoms with Crippen molar-refractivity contribution < 1.29 is 9.53 Å². The van der Waals surface area contributed by atoms with Gasteiger partial charge in [-0.15, -0.1) is 12.4 Å². The normalized spacial score (nSPS) is 12.9. The fourth-order valence-electron chi connectivity index (χ4n) is 2.36. The molecule has 0 unspecified atom stereocenters. The summed E-state index contributed by atoms with van der Waals surface area (Å²) >= 11 is 3.37. The number of carbonyl (C=O) groups is 1. The summed E-state index contributed by atoms with van der Waals surface area (Å²) in [5.74, 6) is 0.611. The molecule has 1 aromatic carbocycles. The molecular formula is C15H18BrClN4O2. The predicted octanol–water partition coefficient (Wildman–Crippen LogP) is 2.05. The molecule has 1 aromatic heterocycles. The lowest BCUT2D eigenvalue weighted by atomic mass is 10.1. The highest BCUT2D eigenvalue weighted by Gasteiger charge is 2.21. The highest BCUT2D eigenvalue weighted by Crippen LogP contribution is 2.16. The van der Waals surface area contributed by atoms with Crippen LogP contribution in [0.25, 0.3) is 0 Å². The molecule has 0 aliphatic carbocycles. The molecule has 1 aliphatic rings. The number of fused-ring (bicyclic) bond motifs is 1. The second kappa shape index (κ2) is 8.33. The van der Waals surface area contributed by atoms with Crippen LogP contribution in [0.15, 0.2) is 28.7 Å². The summed E-state index contributed by atoms with van der Waals surface area (Å²) < 4.78 is 6.57. The van der Waals surface area contributed by atoms with Gasteiger partial charge in [0.25, 0.3) is 5.91 Å². The minimum atomic E-state index is -0.166. The number of ether oxygens (including phenoxy) is 1. The van der Waals surface area contributed by atoms with Crippen LogP contribution in [0.5, 0.6) is 5.75 Å². The predicted molar refractivity (Wildman–Crippen MR) is 93.2 cm³/mol. The van der Waals surface area contributed by atoms with E-state index in [0.29, 0.717) is 25.4 Å². The first-order valence-electron chi connectivity index (χ1n) is 7.17. The minimum absolute atomic E-state index is 0. The van der Waals surface area contributed by atoms with Gasteiger partial charge in [-0.1, -0.05) is 15.9 Å². The Morgan fingerprint density at radius 1 is 1.35 bits per heavy atom. The van der Waals surface area contributed by atoms with Gasteiger partial charge in [-0.25, -0.2) is 0 Å². The maximum absolute atomic E-state index is 12.2. The van der Waals surface area contributed by atoms with Crippen molar-refractivity contribution in [2.24, 2.45) is 0 Å². The number of rotatable bonds is 5. The lowest BCUT2D eigenvalue weighted by molar-refractivity contribution is 0.0941. The number of benzene rings is 1. The molecule has 23 heavy (non-hydrogen) atoms. The average Bonchev–Trinajstić information content (AvgIpc) is 2.97. The van der Waals surface area contributed by atoms with Crippen molar-refractivity contribution in [1.82, 2.24) is 20.8 Å². The SMILES string of the molecule is Cl.O=C(NCCOc1ccc(Br)cc1)c1n[nH]c2c1CNCC2. The summed E-state index contributed by atoms with van der Waals surface area (Å²) in [5.41, 5.74) is 2.50. The van der Waals surface area contributed by atoms with Gasteiger partial charge >= 0.3 is 0 Å². The van der Waals surface area contributed by atoms with E-state index in [0.717, 1.165) is 34.4 Å². The summed E-state index contributed by atoms with van der Waals surface area (Å²) in [7, 11) is 0. The summed E-state index contributed by atoms with van der Waals surface area (Å²) in [6.07, 6.45) is 0.877. The Labute approximate surface area is 148 Å². The molecule has 0 saturated carbocycles. The lowest BCUT2D eigenvalue weighted by Crippen LogP contribution is -2.31. The van der Waals surface area contributed by atoms with E-state index in [2.05, 4.69) is 36.8 Å². The second-order valence-electron chi connectivity index (χ2n) is 5.01. The number of hydrogen-bond donors (Lipinski definition) is 3. The fourth-order valence-corrected chi connectivity index (χ4v) is 2.63. The number of aromatic nitrogens is 2. The van der Waals surface area contributed by atoms with Gasteiger partial charge in [0.05, 0.1) is 6.54 Å². The van der Waals surface area contributed by atoms with E-state index in [4.69, 9.17) is 4.74 Å². The number of H-pyrrole nitrogens is 1. The molecule has 1 aliphatic heterocycles. The molecular weight excluding hydrogens is 384 g/mol. The largest absolute Gasteiger partial charge is 0.492 e. The summed E-state index contributed by atoms with van der Waals surface area (Å²) in [5, 5.41) is 13.1. The zero-order chi connectivity index (χ0) is 15.4. The molecule has 3 rings (SSSR count). The van der Waals surface area contributed by atoms with Crippen molar-refractivity contribution >= 4 is 34.2 Å². The zero-order valence-corrected chi connectivity index (χ0v) is 14.8. The standard InChI is InChI=1S/C15H17BrN4O2.ClH/c16-10-1-3-11(4-2-10)22-8-7-18-15(21)14-12-9-17-6-5-13(12)19-20-14;/h1-4,17H,5-9H2,(H,18,21)(H,19,20);1H. The highest BCUT2D eigenvalue weighted by molar-refractivity contribution is 9.10. The molecule has 2 heterocycles. The van der Waals surface area contributed by atoms with Crippen LogP contribution in [0.2, 0.25) is 0 Å². The number of nitrogens with one attached hydrogen (secondary N) is 3. The van der Waals surface area contributed by atoms with Crippen LogP contribution in [0, 0.1) is 0 Å². The first-order chi connectivity index (χ1) is 10.7. The van der Waals surface area contributed by atoms with Crippen LogP contribution in [-0.4, -0.2) is 35.8 Å².